The van der Waals surface area contributed by atoms with Gasteiger partial charge in [-0.25, -0.2) is 0 Å². The summed E-state index contributed by atoms with van der Waals surface area (Å²) in [6, 6.07) is 18.0. The molecule has 2 atom stereocenters. The SMILES string of the molecule is O=C(N[C@@H]1CCCC[C@@H]1c1ccccc1Br)c1ccccc1. The lowest BCUT2D eigenvalue weighted by Gasteiger charge is -2.33. The second-order valence-corrected chi connectivity index (χ2v) is 6.71. The molecule has 2 aromatic rings. The number of hydrogen-bond acceptors (Lipinski definition) is 1. The fourth-order valence-electron chi connectivity index (χ4n) is 3.29. The fourth-order valence-corrected chi connectivity index (χ4v) is 3.87. The van der Waals surface area contributed by atoms with Gasteiger partial charge < -0.3 is 5.32 Å². The van der Waals surface area contributed by atoms with Crippen LogP contribution in [0.15, 0.2) is 59.1 Å². The van der Waals surface area contributed by atoms with Crippen molar-refractivity contribution in [1.82, 2.24) is 5.32 Å². The van der Waals surface area contributed by atoms with Gasteiger partial charge in [-0.05, 0) is 36.6 Å². The average Bonchev–Trinajstić information content (AvgIpc) is 2.57. The minimum absolute atomic E-state index is 0.0320. The number of carbonyl (C=O) groups excluding carboxylic acids is 1. The van der Waals surface area contributed by atoms with Crippen LogP contribution in [0.5, 0.6) is 0 Å². The highest BCUT2D eigenvalue weighted by atomic mass is 79.9. The molecule has 0 bridgehead atoms. The number of carbonyl (C=O) groups is 1. The summed E-state index contributed by atoms with van der Waals surface area (Å²) in [6.07, 6.45) is 4.58. The summed E-state index contributed by atoms with van der Waals surface area (Å²) in [4.78, 5) is 12.5. The number of benzene rings is 2. The van der Waals surface area contributed by atoms with E-state index in [-0.39, 0.29) is 11.9 Å². The second kappa shape index (κ2) is 7.10. The van der Waals surface area contributed by atoms with Crippen molar-refractivity contribution in [2.75, 3.05) is 0 Å². The largest absolute Gasteiger partial charge is 0.349 e. The summed E-state index contributed by atoms with van der Waals surface area (Å²) >= 11 is 3.66. The third kappa shape index (κ3) is 3.41. The van der Waals surface area contributed by atoms with Gasteiger partial charge in [0.05, 0.1) is 0 Å². The molecule has 1 aliphatic rings. The second-order valence-electron chi connectivity index (χ2n) is 5.86. The number of rotatable bonds is 3. The van der Waals surface area contributed by atoms with Crippen LogP contribution in [0.3, 0.4) is 0 Å². The van der Waals surface area contributed by atoms with Gasteiger partial charge in [-0.1, -0.05) is 65.2 Å². The molecule has 0 heterocycles. The van der Waals surface area contributed by atoms with E-state index in [1.165, 1.54) is 18.4 Å². The van der Waals surface area contributed by atoms with Crippen molar-refractivity contribution in [3.63, 3.8) is 0 Å². The highest BCUT2D eigenvalue weighted by molar-refractivity contribution is 9.10. The molecule has 3 rings (SSSR count). The molecule has 1 aliphatic carbocycles. The third-order valence-corrected chi connectivity index (χ3v) is 5.15. The molecule has 114 valence electrons. The zero-order valence-corrected chi connectivity index (χ0v) is 14.1. The average molecular weight is 358 g/mol. The molecule has 0 aliphatic heterocycles. The molecular weight excluding hydrogens is 338 g/mol. The van der Waals surface area contributed by atoms with Gasteiger partial charge in [0, 0.05) is 22.0 Å². The predicted octanol–water partition coefficient (Wildman–Crippen LogP) is 4.91. The predicted molar refractivity (Wildman–Crippen MR) is 93.0 cm³/mol. The van der Waals surface area contributed by atoms with Crippen molar-refractivity contribution >= 4 is 21.8 Å². The first-order valence-electron chi connectivity index (χ1n) is 7.86. The van der Waals surface area contributed by atoms with Gasteiger partial charge >= 0.3 is 0 Å². The van der Waals surface area contributed by atoms with Crippen LogP contribution in [0.1, 0.15) is 47.5 Å². The summed E-state index contributed by atoms with van der Waals surface area (Å²) in [6.45, 7) is 0. The summed E-state index contributed by atoms with van der Waals surface area (Å²) in [5.41, 5.74) is 2.04. The Hall–Kier alpha value is -1.61. The minimum atomic E-state index is 0.0320. The molecule has 0 saturated heterocycles. The highest BCUT2D eigenvalue weighted by Crippen LogP contribution is 2.36. The molecule has 1 fully saturated rings. The molecule has 3 heteroatoms. The molecule has 2 aromatic carbocycles. The Balaban J connectivity index is 1.79. The Bertz CT molecular complexity index is 641. The number of hydrogen-bond donors (Lipinski definition) is 1. The molecule has 1 N–H and O–H groups in total. The van der Waals surface area contributed by atoms with Crippen LogP contribution < -0.4 is 5.32 Å². The van der Waals surface area contributed by atoms with E-state index in [2.05, 4.69) is 39.4 Å². The third-order valence-electron chi connectivity index (χ3n) is 4.42. The minimum Gasteiger partial charge on any atom is -0.349 e. The maximum absolute atomic E-state index is 12.5. The first-order valence-corrected chi connectivity index (χ1v) is 8.65. The van der Waals surface area contributed by atoms with E-state index in [0.29, 0.717) is 5.92 Å². The van der Waals surface area contributed by atoms with Gasteiger partial charge in [0.2, 0.25) is 0 Å². The Morgan fingerprint density at radius 1 is 0.955 bits per heavy atom. The van der Waals surface area contributed by atoms with Crippen molar-refractivity contribution in [3.05, 3.63) is 70.2 Å². The van der Waals surface area contributed by atoms with Crippen LogP contribution in [0, 0.1) is 0 Å². The molecule has 2 nitrogen and oxygen atoms in total. The van der Waals surface area contributed by atoms with Gasteiger partial charge in [0.15, 0.2) is 0 Å². The van der Waals surface area contributed by atoms with E-state index in [4.69, 9.17) is 0 Å². The Morgan fingerprint density at radius 2 is 1.64 bits per heavy atom. The van der Waals surface area contributed by atoms with E-state index >= 15 is 0 Å². The number of amides is 1. The summed E-state index contributed by atoms with van der Waals surface area (Å²) < 4.78 is 1.14. The van der Waals surface area contributed by atoms with Gasteiger partial charge in [0.1, 0.15) is 0 Å². The molecule has 22 heavy (non-hydrogen) atoms. The van der Waals surface area contributed by atoms with Crippen LogP contribution in [0.4, 0.5) is 0 Å². The van der Waals surface area contributed by atoms with Crippen LogP contribution in [-0.4, -0.2) is 11.9 Å². The van der Waals surface area contributed by atoms with E-state index in [9.17, 15) is 4.79 Å². The van der Waals surface area contributed by atoms with Crippen molar-refractivity contribution in [1.29, 1.82) is 0 Å². The monoisotopic (exact) mass is 357 g/mol. The first-order chi connectivity index (χ1) is 10.8. The maximum Gasteiger partial charge on any atom is 0.251 e. The first kappa shape index (κ1) is 15.3. The van der Waals surface area contributed by atoms with Gasteiger partial charge in [-0.3, -0.25) is 4.79 Å². The normalized spacial score (nSPS) is 21.3. The summed E-state index contributed by atoms with van der Waals surface area (Å²) in [5.74, 6) is 0.418. The van der Waals surface area contributed by atoms with Crippen LogP contribution in [-0.2, 0) is 0 Å². The van der Waals surface area contributed by atoms with Gasteiger partial charge in [-0.15, -0.1) is 0 Å². The lowest BCUT2D eigenvalue weighted by molar-refractivity contribution is 0.0920. The highest BCUT2D eigenvalue weighted by Gasteiger charge is 2.29. The molecule has 0 unspecified atom stereocenters. The van der Waals surface area contributed by atoms with Gasteiger partial charge in [-0.2, -0.15) is 0 Å². The quantitative estimate of drug-likeness (QED) is 0.830. The van der Waals surface area contributed by atoms with E-state index in [1.807, 2.05) is 36.4 Å². The number of nitrogens with one attached hydrogen (secondary N) is 1. The van der Waals surface area contributed by atoms with Crippen molar-refractivity contribution in [2.24, 2.45) is 0 Å². The van der Waals surface area contributed by atoms with Crippen molar-refractivity contribution < 1.29 is 4.79 Å². The summed E-state index contributed by atoms with van der Waals surface area (Å²) in [5, 5.41) is 3.25. The van der Waals surface area contributed by atoms with Crippen LogP contribution >= 0.6 is 15.9 Å². The fraction of sp³-hybridized carbons (Fsp3) is 0.316. The molecular formula is C19H20BrNO. The lowest BCUT2D eigenvalue weighted by atomic mass is 9.80. The zero-order valence-electron chi connectivity index (χ0n) is 12.5. The van der Waals surface area contributed by atoms with Crippen molar-refractivity contribution in [3.8, 4) is 0 Å². The molecule has 1 saturated carbocycles. The lowest BCUT2D eigenvalue weighted by Crippen LogP contribution is -2.41. The van der Waals surface area contributed by atoms with Crippen LogP contribution in [0.25, 0.3) is 0 Å². The smallest absolute Gasteiger partial charge is 0.251 e. The Labute approximate surface area is 140 Å². The van der Waals surface area contributed by atoms with E-state index in [0.717, 1.165) is 22.9 Å². The Morgan fingerprint density at radius 3 is 2.41 bits per heavy atom. The molecule has 1 amide bonds. The molecule has 0 spiro atoms. The van der Waals surface area contributed by atoms with Gasteiger partial charge in [0.25, 0.3) is 5.91 Å². The molecule has 0 radical (unpaired) electrons. The Kier molecular flexibility index (Phi) is 4.94. The van der Waals surface area contributed by atoms with E-state index in [1.54, 1.807) is 0 Å². The van der Waals surface area contributed by atoms with Crippen LogP contribution in [0.2, 0.25) is 0 Å². The van der Waals surface area contributed by atoms with Crippen molar-refractivity contribution in [2.45, 2.75) is 37.6 Å². The standard InChI is InChI=1S/C19H20BrNO/c20-17-12-6-4-10-15(17)16-11-5-7-13-18(16)21-19(22)14-8-2-1-3-9-14/h1-4,6,8-10,12,16,18H,5,7,11,13H2,(H,21,22)/t16-,18-/m1/s1. The number of halogens is 1. The zero-order chi connectivity index (χ0) is 15.4. The van der Waals surface area contributed by atoms with E-state index < -0.39 is 0 Å². The summed E-state index contributed by atoms with van der Waals surface area (Å²) in [7, 11) is 0. The molecule has 0 aromatic heterocycles. The topological polar surface area (TPSA) is 29.1 Å². The maximum atomic E-state index is 12.5.